The number of aliphatic hydroxyl groups is 1. The molecule has 1 saturated carbocycles. The van der Waals surface area contributed by atoms with E-state index in [9.17, 15) is 13.5 Å². The van der Waals surface area contributed by atoms with E-state index in [1.807, 2.05) is 0 Å². The number of H-pyrrole nitrogens is 1. The van der Waals surface area contributed by atoms with E-state index in [1.165, 1.54) is 12.8 Å². The molecule has 2 N–H and O–H groups in total. The first-order chi connectivity index (χ1) is 10.1. The molecule has 1 aliphatic carbocycles. The Bertz CT molecular complexity index is 605. The number of aromatic nitrogens is 2. The van der Waals surface area contributed by atoms with E-state index in [0.29, 0.717) is 23.7 Å². The van der Waals surface area contributed by atoms with Gasteiger partial charge in [-0.3, -0.25) is 5.10 Å². The molecule has 0 aromatic carbocycles. The average Bonchev–Trinajstić information content (AvgIpc) is 3.18. The van der Waals surface area contributed by atoms with Crippen molar-refractivity contribution in [1.29, 1.82) is 0 Å². The molecule has 2 fully saturated rings. The van der Waals surface area contributed by atoms with Crippen LogP contribution in [0.5, 0.6) is 0 Å². The summed E-state index contributed by atoms with van der Waals surface area (Å²) in [4.78, 5) is 0. The van der Waals surface area contributed by atoms with Gasteiger partial charge < -0.3 is 5.11 Å². The van der Waals surface area contributed by atoms with Gasteiger partial charge in [0.25, 0.3) is 10.0 Å². The van der Waals surface area contributed by atoms with Gasteiger partial charge in [0, 0.05) is 23.8 Å². The van der Waals surface area contributed by atoms with Gasteiger partial charge in [-0.15, -0.1) is 0 Å². The standard InChI is InChI=1S/C14H23N3O3S/c1-10-12(9-18)14(16-15-10)21(19,20)17-8-4-7-13(17)11-5-2-3-6-11/h11,13,18H,2-9H2,1H3,(H,15,16). The van der Waals surface area contributed by atoms with E-state index in [4.69, 9.17) is 0 Å². The third kappa shape index (κ3) is 2.51. The van der Waals surface area contributed by atoms with Gasteiger partial charge in [-0.05, 0) is 38.5 Å². The maximum Gasteiger partial charge on any atom is 0.263 e. The van der Waals surface area contributed by atoms with Crippen molar-refractivity contribution in [2.75, 3.05) is 6.54 Å². The minimum atomic E-state index is -3.62. The third-order valence-corrected chi connectivity index (χ3v) is 6.84. The molecule has 1 aliphatic heterocycles. The molecule has 3 rings (SSSR count). The fourth-order valence-corrected chi connectivity index (χ4v) is 5.73. The Labute approximate surface area is 125 Å². The summed E-state index contributed by atoms with van der Waals surface area (Å²) in [5.41, 5.74) is 1.01. The van der Waals surface area contributed by atoms with Crippen LogP contribution in [-0.2, 0) is 16.6 Å². The number of nitrogens with one attached hydrogen (secondary N) is 1. The number of aryl methyl sites for hydroxylation is 1. The molecule has 1 aromatic rings. The first-order valence-corrected chi connectivity index (χ1v) is 9.16. The summed E-state index contributed by atoms with van der Waals surface area (Å²) in [5.74, 6) is 0.486. The Morgan fingerprint density at radius 3 is 2.67 bits per heavy atom. The van der Waals surface area contributed by atoms with Gasteiger partial charge in [-0.1, -0.05) is 12.8 Å². The maximum atomic E-state index is 12.9. The lowest BCUT2D eigenvalue weighted by molar-refractivity contribution is 0.273. The molecule has 1 aromatic heterocycles. The second-order valence-corrected chi connectivity index (χ2v) is 7.97. The smallest absolute Gasteiger partial charge is 0.263 e. The fraction of sp³-hybridized carbons (Fsp3) is 0.786. The van der Waals surface area contributed by atoms with E-state index in [2.05, 4.69) is 10.2 Å². The van der Waals surface area contributed by atoms with Crippen molar-refractivity contribution in [3.8, 4) is 0 Å². The molecule has 2 heterocycles. The normalized spacial score (nSPS) is 25.0. The lowest BCUT2D eigenvalue weighted by Crippen LogP contribution is -2.39. The summed E-state index contributed by atoms with van der Waals surface area (Å²) in [6.07, 6.45) is 6.53. The molecule has 0 amide bonds. The highest BCUT2D eigenvalue weighted by molar-refractivity contribution is 7.89. The SMILES string of the molecule is Cc1[nH]nc(S(=O)(=O)N2CCCC2C2CCCC2)c1CO. The summed E-state index contributed by atoms with van der Waals surface area (Å²) in [7, 11) is -3.62. The molecule has 1 unspecified atom stereocenters. The minimum Gasteiger partial charge on any atom is -0.392 e. The third-order valence-electron chi connectivity index (χ3n) is 4.94. The van der Waals surface area contributed by atoms with Gasteiger partial charge in [0.1, 0.15) is 0 Å². The Kier molecular flexibility index (Phi) is 4.07. The molecule has 1 saturated heterocycles. The van der Waals surface area contributed by atoms with Crippen molar-refractivity contribution >= 4 is 10.0 Å². The average molecular weight is 313 g/mol. The van der Waals surface area contributed by atoms with Crippen LogP contribution in [-0.4, -0.2) is 40.6 Å². The van der Waals surface area contributed by atoms with Crippen LogP contribution in [0.25, 0.3) is 0 Å². The van der Waals surface area contributed by atoms with Gasteiger partial charge in [0.2, 0.25) is 0 Å². The van der Waals surface area contributed by atoms with Crippen molar-refractivity contribution < 1.29 is 13.5 Å². The van der Waals surface area contributed by atoms with Crippen LogP contribution in [0, 0.1) is 12.8 Å². The quantitative estimate of drug-likeness (QED) is 0.883. The van der Waals surface area contributed by atoms with Gasteiger partial charge >= 0.3 is 0 Å². The molecule has 2 aliphatic rings. The minimum absolute atomic E-state index is 0.00685. The number of hydrogen-bond donors (Lipinski definition) is 2. The van der Waals surface area contributed by atoms with E-state index in [0.717, 1.165) is 25.7 Å². The number of rotatable bonds is 4. The van der Waals surface area contributed by atoms with E-state index in [-0.39, 0.29) is 17.7 Å². The topological polar surface area (TPSA) is 86.3 Å². The monoisotopic (exact) mass is 313 g/mol. The fourth-order valence-electron chi connectivity index (χ4n) is 3.82. The van der Waals surface area contributed by atoms with Gasteiger partial charge in [0.05, 0.1) is 6.61 Å². The van der Waals surface area contributed by atoms with Crippen LogP contribution in [0.3, 0.4) is 0 Å². The Morgan fingerprint density at radius 2 is 2.00 bits per heavy atom. The summed E-state index contributed by atoms with van der Waals surface area (Å²) < 4.78 is 27.5. The lowest BCUT2D eigenvalue weighted by atomic mass is 9.97. The van der Waals surface area contributed by atoms with Gasteiger partial charge in [0.15, 0.2) is 5.03 Å². The van der Waals surface area contributed by atoms with Crippen LogP contribution in [0.2, 0.25) is 0 Å². The van der Waals surface area contributed by atoms with Crippen LogP contribution >= 0.6 is 0 Å². The van der Waals surface area contributed by atoms with E-state index in [1.54, 1.807) is 11.2 Å². The largest absolute Gasteiger partial charge is 0.392 e. The number of aliphatic hydroxyl groups excluding tert-OH is 1. The van der Waals surface area contributed by atoms with Crippen LogP contribution in [0.4, 0.5) is 0 Å². The summed E-state index contributed by atoms with van der Waals surface area (Å²) in [6.45, 7) is 2.00. The molecule has 1 atom stereocenters. The predicted octanol–water partition coefficient (Wildman–Crippen LogP) is 1.55. The van der Waals surface area contributed by atoms with E-state index >= 15 is 0 Å². The first kappa shape index (κ1) is 15.0. The van der Waals surface area contributed by atoms with Crippen molar-refractivity contribution in [2.45, 2.75) is 63.1 Å². The second kappa shape index (κ2) is 5.70. The highest BCUT2D eigenvalue weighted by Crippen LogP contribution is 2.38. The molecule has 0 bridgehead atoms. The lowest BCUT2D eigenvalue weighted by Gasteiger charge is -2.28. The van der Waals surface area contributed by atoms with Crippen LogP contribution < -0.4 is 0 Å². The molecular weight excluding hydrogens is 290 g/mol. The Balaban J connectivity index is 1.93. The first-order valence-electron chi connectivity index (χ1n) is 7.72. The van der Waals surface area contributed by atoms with Crippen molar-refractivity contribution in [2.24, 2.45) is 5.92 Å². The zero-order chi connectivity index (χ0) is 15.0. The highest BCUT2D eigenvalue weighted by atomic mass is 32.2. The summed E-state index contributed by atoms with van der Waals surface area (Å²) >= 11 is 0. The second-order valence-electron chi connectivity index (χ2n) is 6.16. The summed E-state index contributed by atoms with van der Waals surface area (Å²) in [5, 5.41) is 16.1. The molecule has 118 valence electrons. The number of hydrogen-bond acceptors (Lipinski definition) is 4. The molecule has 0 radical (unpaired) electrons. The zero-order valence-electron chi connectivity index (χ0n) is 12.4. The van der Waals surface area contributed by atoms with Gasteiger partial charge in [-0.25, -0.2) is 8.42 Å². The molecule has 7 heteroatoms. The molecule has 0 spiro atoms. The summed E-state index contributed by atoms with van der Waals surface area (Å²) in [6, 6.07) is 0.112. The maximum absolute atomic E-state index is 12.9. The Hall–Kier alpha value is -0.920. The highest BCUT2D eigenvalue weighted by Gasteiger charge is 2.42. The predicted molar refractivity (Wildman–Crippen MR) is 78.1 cm³/mol. The zero-order valence-corrected chi connectivity index (χ0v) is 13.2. The van der Waals surface area contributed by atoms with Crippen molar-refractivity contribution in [1.82, 2.24) is 14.5 Å². The van der Waals surface area contributed by atoms with Crippen molar-refractivity contribution in [3.05, 3.63) is 11.3 Å². The molecule has 6 nitrogen and oxygen atoms in total. The van der Waals surface area contributed by atoms with E-state index < -0.39 is 10.0 Å². The molecule has 21 heavy (non-hydrogen) atoms. The van der Waals surface area contributed by atoms with Crippen LogP contribution in [0.15, 0.2) is 5.03 Å². The number of nitrogens with zero attached hydrogens (tertiary/aromatic N) is 2. The van der Waals surface area contributed by atoms with Gasteiger partial charge in [-0.2, -0.15) is 9.40 Å². The molecular formula is C14H23N3O3S. The number of sulfonamides is 1. The Morgan fingerprint density at radius 1 is 1.29 bits per heavy atom. The van der Waals surface area contributed by atoms with Crippen molar-refractivity contribution in [3.63, 3.8) is 0 Å². The number of aromatic amines is 1. The van der Waals surface area contributed by atoms with Crippen LogP contribution in [0.1, 0.15) is 49.8 Å².